The van der Waals surface area contributed by atoms with E-state index in [4.69, 9.17) is 4.42 Å². The van der Waals surface area contributed by atoms with E-state index in [0.29, 0.717) is 4.67 Å². The third-order valence-electron chi connectivity index (χ3n) is 2.55. The Morgan fingerprint density at radius 3 is 2.94 bits per heavy atom. The first-order valence-corrected chi connectivity index (χ1v) is 7.76. The lowest BCUT2D eigenvalue weighted by molar-refractivity contribution is 0.553. The van der Waals surface area contributed by atoms with Crippen LogP contribution in [0, 0.1) is 0 Å². The fourth-order valence-electron chi connectivity index (χ4n) is 1.49. The molecule has 6 heteroatoms. The summed E-state index contributed by atoms with van der Waals surface area (Å²) in [5.41, 5.74) is 0. The topological polar surface area (TPSA) is 38.1 Å². The van der Waals surface area contributed by atoms with Crippen LogP contribution in [0.4, 0.5) is 0 Å². The van der Waals surface area contributed by atoms with Crippen LogP contribution in [-0.4, -0.2) is 11.0 Å². The van der Waals surface area contributed by atoms with Crippen molar-refractivity contribution in [1.82, 2.24) is 10.3 Å². The second-order valence-electron chi connectivity index (χ2n) is 4.02. The molecule has 0 atom stereocenters. The van der Waals surface area contributed by atoms with Crippen LogP contribution in [-0.2, 0) is 6.54 Å². The summed E-state index contributed by atoms with van der Waals surface area (Å²) in [5, 5.41) is 4.40. The molecule has 0 bridgehead atoms. The summed E-state index contributed by atoms with van der Waals surface area (Å²) in [5.74, 6) is 0.798. The zero-order chi connectivity index (χ0) is 11.8. The van der Waals surface area contributed by atoms with Crippen molar-refractivity contribution in [2.24, 2.45) is 0 Å². The Morgan fingerprint density at radius 1 is 1.47 bits per heavy atom. The molecule has 1 aliphatic rings. The van der Waals surface area contributed by atoms with Gasteiger partial charge in [0.1, 0.15) is 0 Å². The molecular weight excluding hydrogens is 368 g/mol. The fourth-order valence-corrected chi connectivity index (χ4v) is 2.88. The number of halogens is 2. The van der Waals surface area contributed by atoms with Gasteiger partial charge in [-0.1, -0.05) is 0 Å². The monoisotopic (exact) mass is 376 g/mol. The molecule has 0 amide bonds. The SMILES string of the molecule is Brc1cc(-c2ncc(CNC3CC3)s2)oc1Br. The maximum absolute atomic E-state index is 5.55. The summed E-state index contributed by atoms with van der Waals surface area (Å²) in [7, 11) is 0. The molecule has 0 radical (unpaired) electrons. The molecule has 0 unspecified atom stereocenters. The average molecular weight is 378 g/mol. The van der Waals surface area contributed by atoms with E-state index in [-0.39, 0.29) is 0 Å². The van der Waals surface area contributed by atoms with Crippen molar-refractivity contribution in [1.29, 1.82) is 0 Å². The zero-order valence-electron chi connectivity index (χ0n) is 8.87. The minimum absolute atomic E-state index is 0.709. The standard InChI is InChI=1S/C11H10Br2N2OS/c12-8-3-9(16-10(8)13)11-15-5-7(17-11)4-14-6-1-2-6/h3,5-6,14H,1-2,4H2. The van der Waals surface area contributed by atoms with Crippen LogP contribution in [0.15, 0.2) is 25.8 Å². The number of nitrogens with zero attached hydrogens (tertiary/aromatic N) is 1. The summed E-state index contributed by atoms with van der Waals surface area (Å²) >= 11 is 8.40. The first kappa shape index (κ1) is 11.9. The lowest BCUT2D eigenvalue weighted by Gasteiger charge is -1.96. The Balaban J connectivity index is 1.74. The molecule has 2 heterocycles. The molecule has 1 saturated carbocycles. The summed E-state index contributed by atoms with van der Waals surface area (Å²) in [4.78, 5) is 5.63. The van der Waals surface area contributed by atoms with Crippen molar-refractivity contribution in [2.45, 2.75) is 25.4 Å². The highest BCUT2D eigenvalue weighted by atomic mass is 79.9. The van der Waals surface area contributed by atoms with Crippen molar-refractivity contribution in [3.05, 3.63) is 26.3 Å². The molecule has 90 valence electrons. The van der Waals surface area contributed by atoms with Gasteiger partial charge in [0.15, 0.2) is 15.4 Å². The summed E-state index contributed by atoms with van der Waals surface area (Å²) in [6.45, 7) is 0.908. The van der Waals surface area contributed by atoms with Gasteiger partial charge in [-0.15, -0.1) is 11.3 Å². The highest BCUT2D eigenvalue weighted by Gasteiger charge is 2.20. The Kier molecular flexibility index (Phi) is 3.38. The van der Waals surface area contributed by atoms with Crippen molar-refractivity contribution in [2.75, 3.05) is 0 Å². The van der Waals surface area contributed by atoms with Gasteiger partial charge in [-0.3, -0.25) is 0 Å². The number of hydrogen-bond donors (Lipinski definition) is 1. The van der Waals surface area contributed by atoms with Crippen LogP contribution in [0.25, 0.3) is 10.8 Å². The van der Waals surface area contributed by atoms with E-state index < -0.39 is 0 Å². The Labute approximate surface area is 120 Å². The van der Waals surface area contributed by atoms with E-state index in [9.17, 15) is 0 Å². The van der Waals surface area contributed by atoms with Crippen LogP contribution in [0.2, 0.25) is 0 Å². The van der Waals surface area contributed by atoms with Crippen molar-refractivity contribution in [3.8, 4) is 10.8 Å². The largest absolute Gasteiger partial charge is 0.446 e. The molecule has 17 heavy (non-hydrogen) atoms. The second kappa shape index (κ2) is 4.84. The molecule has 0 spiro atoms. The van der Waals surface area contributed by atoms with Gasteiger partial charge in [0.2, 0.25) is 0 Å². The molecule has 3 nitrogen and oxygen atoms in total. The van der Waals surface area contributed by atoms with E-state index in [1.54, 1.807) is 11.3 Å². The molecule has 0 aromatic carbocycles. The molecule has 3 rings (SSSR count). The third kappa shape index (κ3) is 2.81. The second-order valence-corrected chi connectivity index (χ2v) is 6.71. The highest BCUT2D eigenvalue weighted by molar-refractivity contribution is 9.13. The molecule has 0 saturated heterocycles. The van der Waals surface area contributed by atoms with Crippen LogP contribution in [0.1, 0.15) is 17.7 Å². The Bertz CT molecular complexity index is 514. The molecule has 0 aliphatic heterocycles. The van der Waals surface area contributed by atoms with E-state index in [0.717, 1.165) is 27.8 Å². The molecular formula is C11H10Br2N2OS. The summed E-state index contributed by atoms with van der Waals surface area (Å²) in [6.07, 6.45) is 4.53. The van der Waals surface area contributed by atoms with Crippen LogP contribution >= 0.6 is 43.2 Å². The minimum atomic E-state index is 0.709. The zero-order valence-corrected chi connectivity index (χ0v) is 12.9. The summed E-state index contributed by atoms with van der Waals surface area (Å²) < 4.78 is 7.17. The van der Waals surface area contributed by atoms with Crippen molar-refractivity contribution >= 4 is 43.2 Å². The van der Waals surface area contributed by atoms with Gasteiger partial charge in [-0.25, -0.2) is 4.98 Å². The number of nitrogens with one attached hydrogen (secondary N) is 1. The molecule has 2 aromatic rings. The minimum Gasteiger partial charge on any atom is -0.446 e. The highest BCUT2D eigenvalue weighted by Crippen LogP contribution is 2.34. The van der Waals surface area contributed by atoms with E-state index in [2.05, 4.69) is 42.2 Å². The van der Waals surface area contributed by atoms with Gasteiger partial charge in [0.25, 0.3) is 0 Å². The fraction of sp³-hybridized carbons (Fsp3) is 0.364. The first-order valence-electron chi connectivity index (χ1n) is 5.35. The Morgan fingerprint density at radius 2 is 2.29 bits per heavy atom. The maximum Gasteiger partial charge on any atom is 0.184 e. The average Bonchev–Trinajstić information content (AvgIpc) is 2.92. The van der Waals surface area contributed by atoms with Crippen molar-refractivity contribution < 1.29 is 4.42 Å². The number of thiazole rings is 1. The van der Waals surface area contributed by atoms with Crippen LogP contribution < -0.4 is 5.32 Å². The predicted molar refractivity (Wildman–Crippen MR) is 75.1 cm³/mol. The van der Waals surface area contributed by atoms with Gasteiger partial charge in [-0.2, -0.15) is 0 Å². The van der Waals surface area contributed by atoms with E-state index in [1.807, 2.05) is 12.3 Å². The van der Waals surface area contributed by atoms with Gasteiger partial charge in [0.05, 0.1) is 4.47 Å². The van der Waals surface area contributed by atoms with E-state index >= 15 is 0 Å². The lowest BCUT2D eigenvalue weighted by atomic mass is 10.5. The number of aromatic nitrogens is 1. The molecule has 2 aromatic heterocycles. The smallest absolute Gasteiger partial charge is 0.184 e. The predicted octanol–water partition coefficient (Wildman–Crippen LogP) is 4.18. The molecule has 1 N–H and O–H groups in total. The number of rotatable bonds is 4. The third-order valence-corrected chi connectivity index (χ3v) is 5.27. The number of furan rings is 1. The van der Waals surface area contributed by atoms with Gasteiger partial charge in [0, 0.05) is 29.7 Å². The molecule has 1 fully saturated rings. The first-order chi connectivity index (χ1) is 8.22. The van der Waals surface area contributed by atoms with Gasteiger partial charge < -0.3 is 9.73 Å². The van der Waals surface area contributed by atoms with Gasteiger partial charge in [-0.05, 0) is 44.7 Å². The number of hydrogen-bond acceptors (Lipinski definition) is 4. The van der Waals surface area contributed by atoms with Crippen LogP contribution in [0.3, 0.4) is 0 Å². The Hall–Kier alpha value is -0.170. The summed E-state index contributed by atoms with van der Waals surface area (Å²) in [6, 6.07) is 2.66. The van der Waals surface area contributed by atoms with Crippen LogP contribution in [0.5, 0.6) is 0 Å². The van der Waals surface area contributed by atoms with E-state index in [1.165, 1.54) is 17.7 Å². The normalized spacial score (nSPS) is 15.4. The lowest BCUT2D eigenvalue weighted by Crippen LogP contribution is -2.14. The van der Waals surface area contributed by atoms with Gasteiger partial charge >= 0.3 is 0 Å². The van der Waals surface area contributed by atoms with Crippen molar-refractivity contribution in [3.63, 3.8) is 0 Å². The maximum atomic E-state index is 5.55. The quantitative estimate of drug-likeness (QED) is 0.868. The molecule has 1 aliphatic carbocycles.